The number of halogens is 3. The van der Waals surface area contributed by atoms with Crippen LogP contribution >= 0.6 is 22.3 Å². The van der Waals surface area contributed by atoms with E-state index in [4.69, 9.17) is 27.4 Å². The van der Waals surface area contributed by atoms with Gasteiger partial charge in [0.25, 0.3) is 9.05 Å². The van der Waals surface area contributed by atoms with Crippen molar-refractivity contribution in [2.24, 2.45) is 0 Å². The topological polar surface area (TPSA) is 71.4 Å². The molecule has 82 valence electrons. The van der Waals surface area contributed by atoms with Crippen molar-refractivity contribution >= 4 is 37.3 Å². The van der Waals surface area contributed by atoms with Crippen molar-refractivity contribution in [3.05, 3.63) is 28.5 Å². The van der Waals surface area contributed by atoms with Crippen molar-refractivity contribution in [3.63, 3.8) is 0 Å². The molecule has 1 aromatic carbocycles. The molecule has 0 saturated carbocycles. The molecule has 0 heterocycles. The van der Waals surface area contributed by atoms with Crippen LogP contribution in [0, 0.1) is 5.82 Å². The second kappa shape index (κ2) is 3.96. The fraction of sp³-hybridized carbons (Fsp3) is 0. The average Bonchev–Trinajstić information content (AvgIpc) is 2.06. The summed E-state index contributed by atoms with van der Waals surface area (Å²) in [6.07, 6.45) is 0. The zero-order chi connectivity index (χ0) is 11.8. The molecule has 0 bridgehead atoms. The van der Waals surface area contributed by atoms with E-state index >= 15 is 0 Å². The number of benzene rings is 1. The molecule has 1 aromatic rings. The van der Waals surface area contributed by atoms with Crippen LogP contribution in [0.25, 0.3) is 0 Å². The second-order valence-electron chi connectivity index (χ2n) is 2.51. The summed E-state index contributed by atoms with van der Waals surface area (Å²) < 4.78 is 34.9. The molecule has 1 N–H and O–H groups in total. The maximum Gasteiger partial charge on any atom is 0.335 e. The van der Waals surface area contributed by atoms with Gasteiger partial charge in [-0.05, 0) is 12.1 Å². The largest absolute Gasteiger partial charge is 0.478 e. The molecule has 0 unspecified atom stereocenters. The summed E-state index contributed by atoms with van der Waals surface area (Å²) in [7, 11) is 0.531. The quantitative estimate of drug-likeness (QED) is 0.837. The minimum atomic E-state index is -4.36. The number of hydrogen-bond acceptors (Lipinski definition) is 3. The van der Waals surface area contributed by atoms with Crippen LogP contribution in [0.1, 0.15) is 10.4 Å². The monoisotopic (exact) mass is 272 g/mol. The number of carbonyl (C=O) groups is 1. The Kier molecular flexibility index (Phi) is 3.22. The van der Waals surface area contributed by atoms with E-state index in [1.165, 1.54) is 0 Å². The molecule has 0 aromatic heterocycles. The van der Waals surface area contributed by atoms with Crippen LogP contribution in [0.4, 0.5) is 4.39 Å². The molecule has 0 fully saturated rings. The van der Waals surface area contributed by atoms with E-state index in [-0.39, 0.29) is 0 Å². The molecule has 0 radical (unpaired) electrons. The first-order chi connectivity index (χ1) is 6.73. The molecule has 0 aliphatic rings. The third kappa shape index (κ3) is 2.58. The highest BCUT2D eigenvalue weighted by Gasteiger charge is 2.21. The number of hydrogen-bond donors (Lipinski definition) is 1. The Morgan fingerprint density at radius 1 is 1.40 bits per heavy atom. The first-order valence-corrected chi connectivity index (χ1v) is 6.09. The molecule has 0 aliphatic carbocycles. The standard InChI is InChI=1S/C7H3Cl2FO4S/c8-4-1-3(7(11)12)2-5(6(4)10)15(9,13)14/h1-2H,(H,11,12). The van der Waals surface area contributed by atoms with Gasteiger partial charge in [-0.2, -0.15) is 0 Å². The van der Waals surface area contributed by atoms with Crippen LogP contribution in [0.5, 0.6) is 0 Å². The predicted molar refractivity (Wildman–Crippen MR) is 51.4 cm³/mol. The van der Waals surface area contributed by atoms with Gasteiger partial charge < -0.3 is 5.11 Å². The average molecular weight is 273 g/mol. The van der Waals surface area contributed by atoms with Gasteiger partial charge >= 0.3 is 5.97 Å². The summed E-state index contributed by atoms with van der Waals surface area (Å²) in [5.74, 6) is -2.70. The lowest BCUT2D eigenvalue weighted by atomic mass is 10.2. The highest BCUT2D eigenvalue weighted by atomic mass is 35.7. The Labute approximate surface area is 93.7 Å². The van der Waals surface area contributed by atoms with Crippen LogP contribution < -0.4 is 0 Å². The zero-order valence-corrected chi connectivity index (χ0v) is 9.20. The van der Waals surface area contributed by atoms with Gasteiger partial charge in [0.2, 0.25) is 0 Å². The van der Waals surface area contributed by atoms with Crippen LogP contribution in [0.3, 0.4) is 0 Å². The minimum Gasteiger partial charge on any atom is -0.478 e. The summed E-state index contributed by atoms with van der Waals surface area (Å²) in [5, 5.41) is 7.95. The Morgan fingerprint density at radius 3 is 2.33 bits per heavy atom. The summed E-state index contributed by atoms with van der Waals surface area (Å²) in [6, 6.07) is 1.40. The number of rotatable bonds is 2. The zero-order valence-electron chi connectivity index (χ0n) is 6.87. The van der Waals surface area contributed by atoms with Crippen molar-refractivity contribution in [2.45, 2.75) is 4.90 Å². The molecule has 8 heteroatoms. The lowest BCUT2D eigenvalue weighted by Crippen LogP contribution is -2.02. The van der Waals surface area contributed by atoms with Crippen LogP contribution in [0.15, 0.2) is 17.0 Å². The molecule has 0 saturated heterocycles. The lowest BCUT2D eigenvalue weighted by molar-refractivity contribution is 0.0696. The fourth-order valence-electron chi connectivity index (χ4n) is 0.865. The molecule has 15 heavy (non-hydrogen) atoms. The Hall–Kier alpha value is -0.850. The van der Waals surface area contributed by atoms with E-state index in [1.54, 1.807) is 0 Å². The third-order valence-electron chi connectivity index (χ3n) is 1.50. The Balaban J connectivity index is 3.59. The smallest absolute Gasteiger partial charge is 0.335 e. The Bertz CT molecular complexity index is 526. The molecule has 1 rings (SSSR count). The molecular formula is C7H3Cl2FO4S. The predicted octanol–water partition coefficient (Wildman–Crippen LogP) is 2.10. The van der Waals surface area contributed by atoms with Crippen molar-refractivity contribution in [2.75, 3.05) is 0 Å². The van der Waals surface area contributed by atoms with Crippen LogP contribution in [-0.2, 0) is 9.05 Å². The molecule has 0 amide bonds. The van der Waals surface area contributed by atoms with Gasteiger partial charge in [0.1, 0.15) is 4.90 Å². The molecule has 0 aliphatic heterocycles. The minimum absolute atomic E-state index is 0.458. The molecule has 4 nitrogen and oxygen atoms in total. The van der Waals surface area contributed by atoms with Gasteiger partial charge in [-0.25, -0.2) is 17.6 Å². The van der Waals surface area contributed by atoms with Gasteiger partial charge in [-0.15, -0.1) is 0 Å². The number of carboxylic acid groups (broad SMARTS) is 1. The Morgan fingerprint density at radius 2 is 1.93 bits per heavy atom. The van der Waals surface area contributed by atoms with Gasteiger partial charge in [-0.1, -0.05) is 11.6 Å². The van der Waals surface area contributed by atoms with Crippen LogP contribution in [0.2, 0.25) is 5.02 Å². The van der Waals surface area contributed by atoms with E-state index in [9.17, 15) is 17.6 Å². The van der Waals surface area contributed by atoms with Gasteiger partial charge in [-0.3, -0.25) is 0 Å². The summed E-state index contributed by atoms with van der Waals surface area (Å²) in [6.45, 7) is 0. The number of carboxylic acids is 1. The van der Waals surface area contributed by atoms with Crippen LogP contribution in [-0.4, -0.2) is 19.5 Å². The van der Waals surface area contributed by atoms with Gasteiger partial charge in [0, 0.05) is 10.7 Å². The van der Waals surface area contributed by atoms with Crippen molar-refractivity contribution in [1.29, 1.82) is 0 Å². The SMILES string of the molecule is O=C(O)c1cc(Cl)c(F)c(S(=O)(=O)Cl)c1. The summed E-state index contributed by atoms with van der Waals surface area (Å²) >= 11 is 5.31. The normalized spacial score (nSPS) is 11.4. The van der Waals surface area contributed by atoms with Gasteiger partial charge in [0.05, 0.1) is 10.6 Å². The molecular weight excluding hydrogens is 270 g/mol. The maximum absolute atomic E-state index is 13.2. The van der Waals surface area contributed by atoms with E-state index in [0.717, 1.165) is 6.07 Å². The van der Waals surface area contributed by atoms with E-state index < -0.39 is 36.3 Å². The third-order valence-corrected chi connectivity index (χ3v) is 3.10. The van der Waals surface area contributed by atoms with E-state index in [0.29, 0.717) is 6.07 Å². The highest BCUT2D eigenvalue weighted by Crippen LogP contribution is 2.26. The van der Waals surface area contributed by atoms with E-state index in [1.807, 2.05) is 0 Å². The van der Waals surface area contributed by atoms with E-state index in [2.05, 4.69) is 0 Å². The summed E-state index contributed by atoms with van der Waals surface area (Å²) in [5.41, 5.74) is -0.458. The molecule has 0 spiro atoms. The maximum atomic E-state index is 13.2. The van der Waals surface area contributed by atoms with Gasteiger partial charge in [0.15, 0.2) is 5.82 Å². The van der Waals surface area contributed by atoms with Crippen molar-refractivity contribution in [1.82, 2.24) is 0 Å². The number of aromatic carboxylic acids is 1. The lowest BCUT2D eigenvalue weighted by Gasteiger charge is -2.02. The first kappa shape index (κ1) is 12.2. The second-order valence-corrected chi connectivity index (χ2v) is 5.45. The summed E-state index contributed by atoms with van der Waals surface area (Å²) in [4.78, 5) is 9.57. The highest BCUT2D eigenvalue weighted by molar-refractivity contribution is 8.13. The van der Waals surface area contributed by atoms with Crippen molar-refractivity contribution in [3.8, 4) is 0 Å². The van der Waals surface area contributed by atoms with Crippen molar-refractivity contribution < 1.29 is 22.7 Å². The molecule has 0 atom stereocenters. The first-order valence-electron chi connectivity index (χ1n) is 3.40. The fourth-order valence-corrected chi connectivity index (χ4v) is 2.07.